The van der Waals surface area contributed by atoms with Gasteiger partial charge in [0.15, 0.2) is 0 Å². The highest BCUT2D eigenvalue weighted by molar-refractivity contribution is 5.89. The SMILES string of the molecule is CC(C)C1CN(C)c2cc(C(=O)O)n(C)c2O1. The van der Waals surface area contributed by atoms with Crippen LogP contribution in [-0.2, 0) is 7.05 Å². The molecule has 1 aliphatic heterocycles. The summed E-state index contributed by atoms with van der Waals surface area (Å²) in [6, 6.07) is 1.66. The van der Waals surface area contributed by atoms with Gasteiger partial charge in [-0.05, 0) is 12.0 Å². The summed E-state index contributed by atoms with van der Waals surface area (Å²) in [5.41, 5.74) is 1.10. The van der Waals surface area contributed by atoms with E-state index in [1.54, 1.807) is 17.7 Å². The predicted octanol–water partition coefficient (Wildman–Crippen LogP) is 1.58. The highest BCUT2D eigenvalue weighted by Crippen LogP contribution is 2.36. The number of aromatic nitrogens is 1. The van der Waals surface area contributed by atoms with Gasteiger partial charge in [0.2, 0.25) is 5.88 Å². The molecule has 1 aromatic heterocycles. The van der Waals surface area contributed by atoms with Gasteiger partial charge in [0.1, 0.15) is 17.5 Å². The molecule has 0 saturated heterocycles. The Bertz CT molecular complexity index is 451. The number of carboxylic acid groups (broad SMARTS) is 1. The minimum absolute atomic E-state index is 0.0998. The Kier molecular flexibility index (Phi) is 2.77. The van der Waals surface area contributed by atoms with E-state index in [0.29, 0.717) is 11.8 Å². The standard InChI is InChI=1S/C12H18N2O3/c1-7(2)10-6-13(3)8-5-9(12(15)16)14(4)11(8)17-10/h5,7,10H,6H2,1-4H3,(H,15,16). The topological polar surface area (TPSA) is 54.7 Å². The number of carbonyl (C=O) groups is 1. The van der Waals surface area contributed by atoms with Gasteiger partial charge in [0.05, 0.1) is 6.54 Å². The first-order valence-electron chi connectivity index (χ1n) is 5.72. The van der Waals surface area contributed by atoms with Crippen LogP contribution in [0.15, 0.2) is 6.07 Å². The molecule has 5 nitrogen and oxygen atoms in total. The predicted molar refractivity (Wildman–Crippen MR) is 64.9 cm³/mol. The number of nitrogens with zero attached hydrogens (tertiary/aromatic N) is 2. The first-order chi connectivity index (χ1) is 7.91. The third-order valence-electron chi connectivity index (χ3n) is 3.25. The first kappa shape index (κ1) is 11.8. The van der Waals surface area contributed by atoms with Crippen molar-refractivity contribution in [2.75, 3.05) is 18.5 Å². The number of likely N-dealkylation sites (N-methyl/N-ethyl adjacent to an activating group) is 1. The van der Waals surface area contributed by atoms with Gasteiger partial charge in [0.25, 0.3) is 0 Å². The second-order valence-electron chi connectivity index (χ2n) is 4.86. The molecule has 0 aromatic carbocycles. The maximum absolute atomic E-state index is 11.1. The number of ether oxygens (including phenoxy) is 1. The van der Waals surface area contributed by atoms with Crippen molar-refractivity contribution in [1.82, 2.24) is 4.57 Å². The van der Waals surface area contributed by atoms with Gasteiger partial charge in [-0.3, -0.25) is 0 Å². The van der Waals surface area contributed by atoms with E-state index in [4.69, 9.17) is 9.84 Å². The number of carboxylic acids is 1. The molecule has 17 heavy (non-hydrogen) atoms. The molecule has 1 aromatic rings. The third kappa shape index (κ3) is 1.85. The zero-order valence-corrected chi connectivity index (χ0v) is 10.6. The van der Waals surface area contributed by atoms with Gasteiger partial charge in [-0.25, -0.2) is 4.79 Å². The summed E-state index contributed by atoms with van der Waals surface area (Å²) < 4.78 is 7.48. The molecule has 0 aliphatic carbocycles. The van der Waals surface area contributed by atoms with Crippen molar-refractivity contribution in [1.29, 1.82) is 0 Å². The molecule has 0 fully saturated rings. The van der Waals surface area contributed by atoms with Crippen LogP contribution in [0.4, 0.5) is 5.69 Å². The van der Waals surface area contributed by atoms with Crippen molar-refractivity contribution >= 4 is 11.7 Å². The van der Waals surface area contributed by atoms with Crippen LogP contribution in [0.3, 0.4) is 0 Å². The number of fused-ring (bicyclic) bond motifs is 1. The van der Waals surface area contributed by atoms with Crippen molar-refractivity contribution in [2.45, 2.75) is 20.0 Å². The fraction of sp³-hybridized carbons (Fsp3) is 0.583. The van der Waals surface area contributed by atoms with Crippen molar-refractivity contribution in [3.05, 3.63) is 11.8 Å². The average molecular weight is 238 g/mol. The molecular weight excluding hydrogens is 220 g/mol. The van der Waals surface area contributed by atoms with Gasteiger partial charge in [-0.1, -0.05) is 13.8 Å². The van der Waals surface area contributed by atoms with Crippen molar-refractivity contribution in [2.24, 2.45) is 13.0 Å². The summed E-state index contributed by atoms with van der Waals surface area (Å²) in [5, 5.41) is 9.08. The lowest BCUT2D eigenvalue weighted by Crippen LogP contribution is -2.40. The normalized spacial score (nSPS) is 19.1. The molecule has 2 rings (SSSR count). The second kappa shape index (κ2) is 3.98. The fourth-order valence-electron chi connectivity index (χ4n) is 2.08. The van der Waals surface area contributed by atoms with Gasteiger partial charge in [0, 0.05) is 14.1 Å². The Morgan fingerprint density at radius 3 is 2.71 bits per heavy atom. The van der Waals surface area contributed by atoms with E-state index in [1.807, 2.05) is 7.05 Å². The Morgan fingerprint density at radius 2 is 2.18 bits per heavy atom. The van der Waals surface area contributed by atoms with Gasteiger partial charge >= 0.3 is 5.97 Å². The maximum atomic E-state index is 11.1. The van der Waals surface area contributed by atoms with Crippen molar-refractivity contribution in [3.8, 4) is 5.88 Å². The van der Waals surface area contributed by atoms with Crippen molar-refractivity contribution < 1.29 is 14.6 Å². The van der Waals surface area contributed by atoms with Crippen LogP contribution in [0.1, 0.15) is 24.3 Å². The summed E-state index contributed by atoms with van der Waals surface area (Å²) in [5.74, 6) is 0.114. The molecule has 0 amide bonds. The minimum Gasteiger partial charge on any atom is -0.477 e. The molecule has 5 heteroatoms. The third-order valence-corrected chi connectivity index (χ3v) is 3.25. The van der Waals surface area contributed by atoms with E-state index in [1.165, 1.54) is 0 Å². The molecule has 0 bridgehead atoms. The molecule has 1 atom stereocenters. The summed E-state index contributed by atoms with van der Waals surface area (Å²) in [6.45, 7) is 4.99. The second-order valence-corrected chi connectivity index (χ2v) is 4.86. The highest BCUT2D eigenvalue weighted by Gasteiger charge is 2.30. The lowest BCUT2D eigenvalue weighted by atomic mass is 10.1. The Morgan fingerprint density at radius 1 is 1.53 bits per heavy atom. The number of hydrogen-bond acceptors (Lipinski definition) is 3. The Hall–Kier alpha value is -1.65. The van der Waals surface area contributed by atoms with Crippen LogP contribution >= 0.6 is 0 Å². The van der Waals surface area contributed by atoms with Crippen molar-refractivity contribution in [3.63, 3.8) is 0 Å². The van der Waals surface area contributed by atoms with Crippen LogP contribution in [0.5, 0.6) is 5.88 Å². The smallest absolute Gasteiger partial charge is 0.352 e. The molecule has 0 saturated carbocycles. The highest BCUT2D eigenvalue weighted by atomic mass is 16.5. The van der Waals surface area contributed by atoms with Crippen LogP contribution in [0, 0.1) is 5.92 Å². The number of rotatable bonds is 2. The first-order valence-corrected chi connectivity index (χ1v) is 5.72. The molecule has 1 N–H and O–H groups in total. The Balaban J connectivity index is 2.43. The van der Waals surface area contributed by atoms with Gasteiger partial charge in [-0.15, -0.1) is 0 Å². The fourth-order valence-corrected chi connectivity index (χ4v) is 2.08. The molecular formula is C12H18N2O3. The summed E-state index contributed by atoms with van der Waals surface area (Å²) in [7, 11) is 3.68. The average Bonchev–Trinajstić information content (AvgIpc) is 2.57. The van der Waals surface area contributed by atoms with E-state index in [9.17, 15) is 4.79 Å². The van der Waals surface area contributed by atoms with E-state index >= 15 is 0 Å². The number of anilines is 1. The van der Waals surface area contributed by atoms with Gasteiger partial charge in [-0.2, -0.15) is 0 Å². The van der Waals surface area contributed by atoms with Crippen LogP contribution in [0.2, 0.25) is 0 Å². The van der Waals surface area contributed by atoms with E-state index in [0.717, 1.165) is 12.2 Å². The summed E-state index contributed by atoms with van der Waals surface area (Å²) >= 11 is 0. The molecule has 0 radical (unpaired) electrons. The molecule has 1 aliphatic rings. The lowest BCUT2D eigenvalue weighted by molar-refractivity contribution is 0.0682. The molecule has 94 valence electrons. The van der Waals surface area contributed by atoms with E-state index < -0.39 is 5.97 Å². The van der Waals surface area contributed by atoms with Crippen LogP contribution in [0.25, 0.3) is 0 Å². The zero-order valence-electron chi connectivity index (χ0n) is 10.6. The molecule has 0 spiro atoms. The van der Waals surface area contributed by atoms with Gasteiger partial charge < -0.3 is 19.3 Å². The molecule has 1 unspecified atom stereocenters. The van der Waals surface area contributed by atoms with E-state index in [-0.39, 0.29) is 11.8 Å². The largest absolute Gasteiger partial charge is 0.477 e. The minimum atomic E-state index is -0.931. The zero-order chi connectivity index (χ0) is 12.7. The quantitative estimate of drug-likeness (QED) is 0.849. The van der Waals surface area contributed by atoms with Crippen LogP contribution in [-0.4, -0.2) is 35.3 Å². The molecule has 2 heterocycles. The maximum Gasteiger partial charge on any atom is 0.352 e. The van der Waals surface area contributed by atoms with E-state index in [2.05, 4.69) is 18.7 Å². The Labute approximate surface area is 101 Å². The monoisotopic (exact) mass is 238 g/mol. The number of aromatic carboxylic acids is 1. The summed E-state index contributed by atoms with van der Waals surface area (Å²) in [6.07, 6.45) is 0.0998. The summed E-state index contributed by atoms with van der Waals surface area (Å²) in [4.78, 5) is 13.1. The number of hydrogen-bond donors (Lipinski definition) is 1. The van der Waals surface area contributed by atoms with Crippen LogP contribution < -0.4 is 9.64 Å². The lowest BCUT2D eigenvalue weighted by Gasteiger charge is -2.34.